The molecule has 0 saturated carbocycles. The van der Waals surface area contributed by atoms with Gasteiger partial charge in [-0.2, -0.15) is 0 Å². The predicted octanol–water partition coefficient (Wildman–Crippen LogP) is -0.751. The van der Waals surface area contributed by atoms with Crippen molar-refractivity contribution in [2.75, 3.05) is 32.1 Å². The average molecular weight is 326 g/mol. The minimum Gasteiger partial charge on any atom is -0.530 e. The molecule has 7 heteroatoms. The van der Waals surface area contributed by atoms with Crippen molar-refractivity contribution in [2.24, 2.45) is 0 Å². The smallest absolute Gasteiger partial charge is 0.134 e. The maximum absolute atomic E-state index is 10.3. The fraction of sp³-hybridized carbons (Fsp3) is 0.467. The van der Waals surface area contributed by atoms with Crippen LogP contribution in [0.1, 0.15) is 6.42 Å². The first kappa shape index (κ1) is 18.5. The predicted molar refractivity (Wildman–Crippen MR) is 82.6 cm³/mol. The Labute approximate surface area is 134 Å². The van der Waals surface area contributed by atoms with Crippen LogP contribution < -0.4 is 15.7 Å². The van der Waals surface area contributed by atoms with E-state index in [1.165, 1.54) is 11.8 Å². The van der Waals surface area contributed by atoms with Crippen LogP contribution in [0.25, 0.3) is 0 Å². The van der Waals surface area contributed by atoms with Crippen molar-refractivity contribution in [3.63, 3.8) is 0 Å². The summed E-state index contributed by atoms with van der Waals surface area (Å²) in [5, 5.41) is 14.8. The maximum atomic E-state index is 10.3. The number of thioether (sulfide) groups is 1. The summed E-state index contributed by atoms with van der Waals surface area (Å²) < 4.78 is 5.04. The van der Waals surface area contributed by atoms with Crippen molar-refractivity contribution in [1.29, 1.82) is 0 Å². The Morgan fingerprint density at radius 3 is 2.50 bits per heavy atom. The molecular weight excluding hydrogens is 304 g/mol. The van der Waals surface area contributed by atoms with Gasteiger partial charge in [0.2, 0.25) is 0 Å². The van der Waals surface area contributed by atoms with Crippen LogP contribution in [0.2, 0.25) is 0 Å². The minimum absolute atomic E-state index is 0.161. The van der Waals surface area contributed by atoms with Crippen molar-refractivity contribution in [2.45, 2.75) is 17.4 Å². The molecule has 0 aromatic heterocycles. The normalized spacial score (nSPS) is 15.1. The number of carbonyl (C=O) groups excluding carboxylic acids is 2. The molecule has 0 bridgehead atoms. The first-order chi connectivity index (χ1) is 10.7. The lowest BCUT2D eigenvalue weighted by Gasteiger charge is -2.17. The summed E-state index contributed by atoms with van der Waals surface area (Å²) in [7, 11) is 0. The van der Waals surface area contributed by atoms with Gasteiger partial charge in [-0.1, -0.05) is 18.2 Å². The highest BCUT2D eigenvalue weighted by Crippen LogP contribution is 2.18. The SMILES string of the molecule is C1COCC[NH2+]1.O=CCC(CSc1ccccc1)NC(=O)[O-]. The Morgan fingerprint density at radius 2 is 2.05 bits per heavy atom. The van der Waals surface area contributed by atoms with Crippen molar-refractivity contribution in [3.05, 3.63) is 30.3 Å². The largest absolute Gasteiger partial charge is 0.530 e. The van der Waals surface area contributed by atoms with Gasteiger partial charge in [0.1, 0.15) is 12.4 Å². The van der Waals surface area contributed by atoms with Gasteiger partial charge in [0.25, 0.3) is 0 Å². The maximum Gasteiger partial charge on any atom is 0.134 e. The first-order valence-corrected chi connectivity index (χ1v) is 8.19. The second-order valence-electron chi connectivity index (χ2n) is 4.63. The molecule has 1 aliphatic heterocycles. The third-order valence-corrected chi connectivity index (χ3v) is 4.00. The second-order valence-corrected chi connectivity index (χ2v) is 5.73. The molecule has 22 heavy (non-hydrogen) atoms. The summed E-state index contributed by atoms with van der Waals surface area (Å²) in [5.74, 6) is 0.511. The number of hydrogen-bond donors (Lipinski definition) is 2. The van der Waals surface area contributed by atoms with E-state index in [9.17, 15) is 14.7 Å². The fourth-order valence-electron chi connectivity index (χ4n) is 1.74. The number of amides is 1. The zero-order valence-corrected chi connectivity index (χ0v) is 13.2. The molecule has 0 spiro atoms. The van der Waals surface area contributed by atoms with Gasteiger partial charge in [0.15, 0.2) is 0 Å². The van der Waals surface area contributed by atoms with Gasteiger partial charge in [-0.25, -0.2) is 0 Å². The summed E-state index contributed by atoms with van der Waals surface area (Å²) in [5.41, 5.74) is 0. The lowest BCUT2D eigenvalue weighted by atomic mass is 10.2. The van der Waals surface area contributed by atoms with E-state index in [1.807, 2.05) is 30.3 Å². The molecule has 1 heterocycles. The van der Waals surface area contributed by atoms with E-state index in [4.69, 9.17) is 4.74 Å². The molecule has 1 atom stereocenters. The van der Waals surface area contributed by atoms with Crippen molar-refractivity contribution < 1.29 is 24.7 Å². The molecule has 0 radical (unpaired) electrons. The monoisotopic (exact) mass is 326 g/mol. The molecule has 1 aromatic rings. The molecular formula is C15H22N2O4S. The van der Waals surface area contributed by atoms with Gasteiger partial charge in [-0.15, -0.1) is 11.8 Å². The van der Waals surface area contributed by atoms with E-state index in [1.54, 1.807) is 0 Å². The van der Waals surface area contributed by atoms with Crippen molar-refractivity contribution in [1.82, 2.24) is 5.32 Å². The van der Waals surface area contributed by atoms with E-state index in [0.717, 1.165) is 31.2 Å². The fourth-order valence-corrected chi connectivity index (χ4v) is 2.71. The van der Waals surface area contributed by atoms with Gasteiger partial charge in [0, 0.05) is 23.1 Å². The Bertz CT molecular complexity index is 415. The topological polar surface area (TPSA) is 95.1 Å². The number of carbonyl (C=O) groups is 2. The number of ether oxygens (including phenoxy) is 1. The molecule has 1 fully saturated rings. The highest BCUT2D eigenvalue weighted by molar-refractivity contribution is 7.99. The zero-order valence-electron chi connectivity index (χ0n) is 12.4. The minimum atomic E-state index is -1.35. The number of nitrogens with two attached hydrogens (primary N) is 1. The lowest BCUT2D eigenvalue weighted by Crippen LogP contribution is -2.87. The summed E-state index contributed by atoms with van der Waals surface area (Å²) in [6.45, 7) is 4.19. The van der Waals surface area contributed by atoms with Crippen LogP contribution in [0, 0.1) is 0 Å². The molecule has 2 rings (SSSR count). The Balaban J connectivity index is 0.000000335. The van der Waals surface area contributed by atoms with Crippen LogP contribution >= 0.6 is 11.8 Å². The van der Waals surface area contributed by atoms with E-state index < -0.39 is 12.1 Å². The van der Waals surface area contributed by atoms with Crippen LogP contribution in [0.15, 0.2) is 35.2 Å². The molecule has 6 nitrogen and oxygen atoms in total. The van der Waals surface area contributed by atoms with Gasteiger partial charge in [-0.3, -0.25) is 0 Å². The van der Waals surface area contributed by atoms with E-state index >= 15 is 0 Å². The van der Waals surface area contributed by atoms with Gasteiger partial charge in [-0.05, 0) is 12.1 Å². The van der Waals surface area contributed by atoms with Gasteiger partial charge < -0.3 is 30.1 Å². The number of nitrogens with one attached hydrogen (secondary N) is 1. The molecule has 1 aromatic carbocycles. The van der Waals surface area contributed by atoms with E-state index in [2.05, 4.69) is 10.6 Å². The summed E-state index contributed by atoms with van der Waals surface area (Å²) in [4.78, 5) is 21.7. The summed E-state index contributed by atoms with van der Waals surface area (Å²) >= 11 is 1.50. The molecule has 122 valence electrons. The number of hydrogen-bond acceptors (Lipinski definition) is 5. The van der Waals surface area contributed by atoms with Crippen LogP contribution in [0.5, 0.6) is 0 Å². The third kappa shape index (κ3) is 9.38. The standard InChI is InChI=1S/C11H13NO3S.C4H9NO/c13-7-6-9(12-11(14)15)8-16-10-4-2-1-3-5-10;1-3-6-4-2-5-1/h1-5,7,9,12H,6,8H2,(H,14,15);5H,1-4H2. The van der Waals surface area contributed by atoms with Crippen LogP contribution in [-0.4, -0.2) is 50.5 Å². The molecule has 0 aliphatic carbocycles. The lowest BCUT2D eigenvalue weighted by molar-refractivity contribution is -0.670. The van der Waals surface area contributed by atoms with E-state index in [-0.39, 0.29) is 6.42 Å². The number of carboxylic acid groups (broad SMARTS) is 1. The van der Waals surface area contributed by atoms with Crippen LogP contribution in [-0.2, 0) is 9.53 Å². The summed E-state index contributed by atoms with van der Waals surface area (Å²) in [6.07, 6.45) is -0.486. The van der Waals surface area contributed by atoms with Crippen LogP contribution in [0.4, 0.5) is 4.79 Å². The van der Waals surface area contributed by atoms with Gasteiger partial charge >= 0.3 is 0 Å². The van der Waals surface area contributed by atoms with Crippen molar-refractivity contribution >= 4 is 24.1 Å². The Kier molecular flexibility index (Phi) is 10.1. The highest BCUT2D eigenvalue weighted by atomic mass is 32.2. The number of aldehydes is 1. The molecule has 1 saturated heterocycles. The van der Waals surface area contributed by atoms with Gasteiger partial charge in [0.05, 0.1) is 26.3 Å². The number of benzene rings is 1. The van der Waals surface area contributed by atoms with Crippen LogP contribution in [0.3, 0.4) is 0 Å². The number of rotatable bonds is 6. The number of morpholine rings is 1. The summed E-state index contributed by atoms with van der Waals surface area (Å²) in [6, 6.07) is 9.19. The molecule has 1 aliphatic rings. The molecule has 3 N–H and O–H groups in total. The Hall–Kier alpha value is -1.57. The van der Waals surface area contributed by atoms with E-state index in [0.29, 0.717) is 12.0 Å². The first-order valence-electron chi connectivity index (χ1n) is 7.20. The van der Waals surface area contributed by atoms with Crippen molar-refractivity contribution in [3.8, 4) is 0 Å². The highest BCUT2D eigenvalue weighted by Gasteiger charge is 2.07. The molecule has 1 amide bonds. The number of quaternary nitrogens is 1. The average Bonchev–Trinajstić information content (AvgIpc) is 2.56. The quantitative estimate of drug-likeness (QED) is 0.530. The second kappa shape index (κ2) is 12.0. The zero-order chi connectivity index (χ0) is 16.0. The molecule has 1 unspecified atom stereocenters. The Morgan fingerprint density at radius 1 is 1.36 bits per heavy atom. The third-order valence-electron chi connectivity index (χ3n) is 2.83.